The number of carbonyl (C=O) groups excluding carboxylic acids is 9. The van der Waals surface area contributed by atoms with E-state index in [1.807, 2.05) is 35.2 Å². The summed E-state index contributed by atoms with van der Waals surface area (Å²) in [6.45, 7) is 42.5. The van der Waals surface area contributed by atoms with Gasteiger partial charge < -0.3 is 62.0 Å². The van der Waals surface area contributed by atoms with Crippen molar-refractivity contribution in [1.82, 2.24) is 80.1 Å². The molecule has 46 heteroatoms. The highest BCUT2D eigenvalue weighted by atomic mass is 35.5. The Hall–Kier alpha value is -14.3. The van der Waals surface area contributed by atoms with E-state index in [-0.39, 0.29) is 50.6 Å². The number of imidazole rings is 4. The molecule has 0 aliphatic carbocycles. The SMILES string of the molecule is CC(C)(C)C(=O)OCn1c(=O)c2[nH]cnc2n(COC(=O)C(C)(C)C)c1=O.CC(C)(C)C(=O)OCn1c(=O)c2c(ncn2-c2ccccc2Cl)n(COC(=O)C(C)(C)C)c1=O.CC(C)(C)C(=O)OCn1c(=O)c2c(ncn2Cc2ccccc2)n(COC(=O)C(C)(C)C)c1=O.CC(C)(C)OC(=O)N1CCN(c2nc3c(c(=O)n(COC(=O)C(C)(C)C)c(=O)n3COC(=O)C(C)(C)C)n2-c2ccccc2Cl)CC1. The summed E-state index contributed by atoms with van der Waals surface area (Å²) in [5.41, 5.74) is -11.5. The molecule has 0 saturated carbocycles. The third-order valence-electron chi connectivity index (χ3n) is 20.8. The number of nitrogens with zero attached hydrogens (tertiary/aromatic N) is 17. The fourth-order valence-corrected chi connectivity index (χ4v) is 13.1. The first kappa shape index (κ1) is 111. The topological polar surface area (TPSA) is 501 Å². The number of esters is 8. The van der Waals surface area contributed by atoms with Gasteiger partial charge >= 0.3 is 76.6 Å². The molecule has 8 aromatic heterocycles. The van der Waals surface area contributed by atoms with Crippen molar-refractivity contribution >= 4 is 128 Å². The van der Waals surface area contributed by atoms with Gasteiger partial charge in [0.15, 0.2) is 93.0 Å². The molecule has 0 spiro atoms. The number of benzene rings is 3. The number of hydrogen-bond acceptors (Lipinski definition) is 31. The third kappa shape index (κ3) is 26.7. The van der Waals surface area contributed by atoms with Crippen LogP contribution >= 0.6 is 23.2 Å². The molecule has 0 atom stereocenters. The van der Waals surface area contributed by atoms with Crippen molar-refractivity contribution in [3.63, 3.8) is 0 Å². The average Bonchev–Trinajstić information content (AvgIpc) is 1.57. The number of fused-ring (bicyclic) bond motifs is 4. The van der Waals surface area contributed by atoms with E-state index in [2.05, 4.69) is 19.9 Å². The average molecular weight is 2020 g/mol. The second-order valence-corrected chi connectivity index (χ2v) is 43.3. The highest BCUT2D eigenvalue weighted by Gasteiger charge is 2.37. The largest absolute Gasteiger partial charge is 0.444 e. The van der Waals surface area contributed by atoms with E-state index in [0.29, 0.717) is 54.1 Å². The highest BCUT2D eigenvalue weighted by Crippen LogP contribution is 2.33. The number of aromatic nitrogens is 16. The van der Waals surface area contributed by atoms with E-state index in [0.717, 1.165) is 42.1 Å². The fraction of sp³-hybridized carbons (Fsp3) is 0.510. The fourth-order valence-electron chi connectivity index (χ4n) is 12.6. The van der Waals surface area contributed by atoms with Crippen molar-refractivity contribution in [3.05, 3.63) is 197 Å². The van der Waals surface area contributed by atoms with Crippen LogP contribution in [0, 0.1) is 43.3 Å². The zero-order valence-corrected chi connectivity index (χ0v) is 86.4. The molecule has 44 nitrogen and oxygen atoms in total. The molecule has 142 heavy (non-hydrogen) atoms. The van der Waals surface area contributed by atoms with Gasteiger partial charge in [-0.05, 0) is 217 Å². The lowest BCUT2D eigenvalue weighted by Crippen LogP contribution is -2.50. The van der Waals surface area contributed by atoms with Crippen LogP contribution in [0.5, 0.6) is 0 Å². The summed E-state index contributed by atoms with van der Waals surface area (Å²) in [6.07, 6.45) is 3.60. The van der Waals surface area contributed by atoms with Crippen molar-refractivity contribution in [3.8, 4) is 11.4 Å². The number of ether oxygens (including phenoxy) is 9. The minimum absolute atomic E-state index is 0.00460. The monoisotopic (exact) mass is 2010 g/mol. The maximum atomic E-state index is 14.2. The van der Waals surface area contributed by atoms with E-state index < -0.39 is 202 Å². The second-order valence-electron chi connectivity index (χ2n) is 42.5. The summed E-state index contributed by atoms with van der Waals surface area (Å²) in [7, 11) is 0. The van der Waals surface area contributed by atoms with Crippen LogP contribution < -0.4 is 49.9 Å². The Kier molecular flexibility index (Phi) is 34.0. The van der Waals surface area contributed by atoms with Gasteiger partial charge in [-0.2, -0.15) is 4.98 Å². The number of rotatable bonds is 21. The van der Waals surface area contributed by atoms with E-state index in [1.54, 1.807) is 245 Å². The Morgan fingerprint density at radius 2 is 0.648 bits per heavy atom. The number of nitrogens with one attached hydrogen (secondary N) is 1. The molecule has 0 unspecified atom stereocenters. The van der Waals surface area contributed by atoms with Gasteiger partial charge in [-0.25, -0.2) is 75.5 Å². The number of para-hydroxylation sites is 2. The summed E-state index contributed by atoms with van der Waals surface area (Å²) in [4.78, 5) is 241. The summed E-state index contributed by atoms with van der Waals surface area (Å²) in [5, 5.41) is 0.645. The first-order valence-corrected chi connectivity index (χ1v) is 45.8. The Balaban J connectivity index is 0.000000215. The molecule has 1 aliphatic rings. The van der Waals surface area contributed by atoms with Crippen LogP contribution in [0.25, 0.3) is 56.0 Å². The van der Waals surface area contributed by atoms with E-state index >= 15 is 0 Å². The zero-order chi connectivity index (χ0) is 106. The zero-order valence-electron chi connectivity index (χ0n) is 84.9. The van der Waals surface area contributed by atoms with Crippen LogP contribution in [0.3, 0.4) is 0 Å². The number of aromatic amines is 1. The smallest absolute Gasteiger partial charge is 0.410 e. The summed E-state index contributed by atoms with van der Waals surface area (Å²) >= 11 is 13.0. The minimum atomic E-state index is -0.900. The van der Waals surface area contributed by atoms with Gasteiger partial charge in [-0.1, -0.05) is 77.8 Å². The van der Waals surface area contributed by atoms with Gasteiger partial charge in [0.25, 0.3) is 22.2 Å². The van der Waals surface area contributed by atoms with Crippen LogP contribution in [0.4, 0.5) is 10.7 Å². The molecule has 9 heterocycles. The lowest BCUT2D eigenvalue weighted by molar-refractivity contribution is -0.158. The number of H-pyrrole nitrogens is 1. The third-order valence-corrected chi connectivity index (χ3v) is 21.5. The molecule has 1 saturated heterocycles. The molecular formula is C96H124Cl2N18O26. The van der Waals surface area contributed by atoms with Crippen LogP contribution in [-0.4, -0.2) is 166 Å². The van der Waals surface area contributed by atoms with Crippen molar-refractivity contribution in [2.24, 2.45) is 43.3 Å². The number of halogens is 2. The van der Waals surface area contributed by atoms with Crippen molar-refractivity contribution in [2.45, 2.75) is 253 Å². The molecule has 1 aliphatic heterocycles. The second kappa shape index (κ2) is 43.4. The molecular weight excluding hydrogens is 1890 g/mol. The Morgan fingerprint density at radius 3 is 1.01 bits per heavy atom. The molecule has 11 aromatic rings. The van der Waals surface area contributed by atoms with Gasteiger partial charge in [0.05, 0.1) is 77.4 Å². The molecule has 0 radical (unpaired) electrons. The molecule has 1 fully saturated rings. The van der Waals surface area contributed by atoms with Crippen molar-refractivity contribution < 1.29 is 85.8 Å². The number of amides is 1. The van der Waals surface area contributed by atoms with Gasteiger partial charge in [-0.15, -0.1) is 0 Å². The maximum absolute atomic E-state index is 14.2. The molecule has 1 amide bonds. The summed E-state index contributed by atoms with van der Waals surface area (Å²) in [6, 6.07) is 23.0. The Labute approximate surface area is 824 Å². The van der Waals surface area contributed by atoms with Gasteiger partial charge in [0.2, 0.25) is 5.95 Å². The number of piperazine rings is 1. The van der Waals surface area contributed by atoms with E-state index in [1.165, 1.54) is 28.1 Å². The quantitative estimate of drug-likeness (QED) is 0.0516. The first-order chi connectivity index (χ1) is 65.6. The Bertz CT molecular complexity index is 7150. The first-order valence-electron chi connectivity index (χ1n) is 45.0. The van der Waals surface area contributed by atoms with Crippen molar-refractivity contribution in [2.75, 3.05) is 31.1 Å². The van der Waals surface area contributed by atoms with Gasteiger partial charge in [0, 0.05) is 32.7 Å². The predicted molar refractivity (Wildman–Crippen MR) is 522 cm³/mol. The van der Waals surface area contributed by atoms with Gasteiger partial charge in [-0.3, -0.25) is 66.7 Å². The minimum Gasteiger partial charge on any atom is -0.444 e. The maximum Gasteiger partial charge on any atom is 0.410 e. The number of hydrogen-bond donors (Lipinski definition) is 1. The molecule has 12 rings (SSSR count). The van der Waals surface area contributed by atoms with Gasteiger partial charge in [0.1, 0.15) is 17.4 Å². The molecule has 768 valence electrons. The van der Waals surface area contributed by atoms with E-state index in [4.69, 9.17) is 70.8 Å². The van der Waals surface area contributed by atoms with Crippen LogP contribution in [0.15, 0.2) is 136 Å². The highest BCUT2D eigenvalue weighted by molar-refractivity contribution is 6.33. The lowest BCUT2D eigenvalue weighted by Gasteiger charge is -2.36. The Morgan fingerprint density at radius 1 is 0.338 bits per heavy atom. The molecule has 0 bridgehead atoms. The number of carbonyl (C=O) groups is 9. The van der Waals surface area contributed by atoms with Crippen LogP contribution in [0.1, 0.15) is 193 Å². The number of anilines is 1. The predicted octanol–water partition coefficient (Wildman–Crippen LogP) is 10.7. The lowest BCUT2D eigenvalue weighted by atomic mass is 9.97. The van der Waals surface area contributed by atoms with Crippen LogP contribution in [0.2, 0.25) is 10.0 Å². The molecule has 1 N–H and O–H groups in total. The standard InChI is InChI=1S/C32H43ClN6O8.C24H30N4O6.C23H27ClN4O6.C17H24N4O6/c1-30(2,3)25(41)45-18-37-23-22(24(40)38(28(37)43)19-46-26(42)31(4,5)6)39(21-13-11-10-12-20(21)33)27(34-23)35-14-16-36(17-15-35)29(44)47-32(7,8)9;1-23(2,3)20(30)33-14-27-18-17(26(13-25-18)12-16-10-8-7-9-11-16)19(29)28(22(27)32)15-34-21(31)24(4,5)6;1-22(2,3)19(30)33-12-27-17-16(26(11-25-17)15-10-8-7-9-14(15)24)18(29)28(21(27)32)13-34-20(31)23(4,5)6;1-16(2,3)13(23)26-8-20-11-10(18-7-19-11)12(22)21(15(20)25)9-27-14(24)17(4,5)6/h10-13H,14-19H2,1-9H3;7-11,13H,12,14-15H2,1-6H3;7-11H,12-13H2,1-6H3;7H,8-9H2,1-6H3,(H,18,19). The normalized spacial score (nSPS) is 12.9. The van der Waals surface area contributed by atoms with Crippen molar-refractivity contribution in [1.29, 1.82) is 0 Å². The van der Waals surface area contributed by atoms with E-state index in [9.17, 15) is 81.5 Å². The summed E-state index contributed by atoms with van der Waals surface area (Å²) in [5.74, 6) is -4.25. The van der Waals surface area contributed by atoms with Crippen LogP contribution in [-0.2, 0) is 141 Å². The summed E-state index contributed by atoms with van der Waals surface area (Å²) < 4.78 is 59.7. The molecule has 3 aromatic carbocycles.